The van der Waals surface area contributed by atoms with Gasteiger partial charge >= 0.3 is 0 Å². The molecule has 0 atom stereocenters. The van der Waals surface area contributed by atoms with E-state index < -0.39 is 0 Å². The number of hydrogen-bond donors (Lipinski definition) is 1. The van der Waals surface area contributed by atoms with Gasteiger partial charge in [-0.2, -0.15) is 0 Å². The molecule has 78 valence electrons. The molecule has 14 heavy (non-hydrogen) atoms. The van der Waals surface area contributed by atoms with Crippen LogP contribution in [0.2, 0.25) is 0 Å². The summed E-state index contributed by atoms with van der Waals surface area (Å²) in [6, 6.07) is 0. The number of rotatable bonds is 4. The summed E-state index contributed by atoms with van der Waals surface area (Å²) in [7, 11) is 0. The monoisotopic (exact) mass is 210 g/mol. The summed E-state index contributed by atoms with van der Waals surface area (Å²) < 4.78 is 0. The largest absolute Gasteiger partial charge is 0.330 e. The molecule has 0 saturated heterocycles. The Labute approximate surface area is 89.5 Å². The predicted molar refractivity (Wildman–Crippen MR) is 60.5 cm³/mol. The third-order valence-corrected chi connectivity index (χ3v) is 4.23. The van der Waals surface area contributed by atoms with E-state index in [2.05, 4.69) is 17.3 Å². The first kappa shape index (κ1) is 10.1. The summed E-state index contributed by atoms with van der Waals surface area (Å²) >= 11 is 1.80. The van der Waals surface area contributed by atoms with E-state index in [1.54, 1.807) is 11.3 Å². The van der Waals surface area contributed by atoms with Gasteiger partial charge in [0.05, 0.1) is 10.7 Å². The Balaban J connectivity index is 2.02. The zero-order valence-corrected chi connectivity index (χ0v) is 9.57. The molecule has 0 bridgehead atoms. The summed E-state index contributed by atoms with van der Waals surface area (Å²) in [5, 5.41) is 3.46. The molecule has 1 aromatic rings. The van der Waals surface area contributed by atoms with Crippen molar-refractivity contribution in [1.82, 2.24) is 4.98 Å². The number of nitrogens with two attached hydrogens (primary N) is 1. The normalized spacial score (nSPS) is 19.3. The van der Waals surface area contributed by atoms with Gasteiger partial charge in [0.1, 0.15) is 0 Å². The molecule has 1 aliphatic rings. The van der Waals surface area contributed by atoms with E-state index in [1.165, 1.54) is 30.0 Å². The van der Waals surface area contributed by atoms with E-state index in [0.29, 0.717) is 5.41 Å². The summed E-state index contributed by atoms with van der Waals surface area (Å²) in [6.45, 7) is 2.98. The highest BCUT2D eigenvalue weighted by Crippen LogP contribution is 2.43. The van der Waals surface area contributed by atoms with Crippen LogP contribution in [0.1, 0.15) is 36.9 Å². The summed E-state index contributed by atoms with van der Waals surface area (Å²) in [5.74, 6) is 0. The maximum Gasteiger partial charge on any atom is 0.0934 e. The topological polar surface area (TPSA) is 38.9 Å². The van der Waals surface area contributed by atoms with Crippen molar-refractivity contribution in [3.8, 4) is 0 Å². The third-order valence-electron chi connectivity index (χ3n) is 3.33. The molecule has 1 aromatic heterocycles. The molecule has 1 fully saturated rings. The van der Waals surface area contributed by atoms with E-state index >= 15 is 0 Å². The van der Waals surface area contributed by atoms with Crippen LogP contribution in [0, 0.1) is 5.41 Å². The van der Waals surface area contributed by atoms with Crippen LogP contribution in [-0.4, -0.2) is 11.5 Å². The van der Waals surface area contributed by atoms with Crippen molar-refractivity contribution in [2.45, 2.75) is 39.0 Å². The van der Waals surface area contributed by atoms with Crippen molar-refractivity contribution in [2.75, 3.05) is 6.54 Å². The highest BCUT2D eigenvalue weighted by atomic mass is 32.1. The van der Waals surface area contributed by atoms with Crippen molar-refractivity contribution in [2.24, 2.45) is 11.1 Å². The lowest BCUT2D eigenvalue weighted by atomic mass is 9.67. The number of aromatic nitrogens is 1. The van der Waals surface area contributed by atoms with Gasteiger partial charge in [0, 0.05) is 11.8 Å². The lowest BCUT2D eigenvalue weighted by molar-refractivity contribution is 0.144. The lowest BCUT2D eigenvalue weighted by Crippen LogP contribution is -2.39. The van der Waals surface area contributed by atoms with Gasteiger partial charge in [-0.1, -0.05) is 13.3 Å². The van der Waals surface area contributed by atoms with Crippen LogP contribution in [0.4, 0.5) is 0 Å². The van der Waals surface area contributed by atoms with E-state index in [0.717, 1.165) is 19.4 Å². The molecular formula is C11H18N2S. The first-order chi connectivity index (χ1) is 6.78. The fraction of sp³-hybridized carbons (Fsp3) is 0.727. The molecule has 2 N–H and O–H groups in total. The van der Waals surface area contributed by atoms with E-state index in [4.69, 9.17) is 5.73 Å². The average molecular weight is 210 g/mol. The van der Waals surface area contributed by atoms with Crippen molar-refractivity contribution in [3.05, 3.63) is 16.1 Å². The molecule has 1 aliphatic carbocycles. The van der Waals surface area contributed by atoms with Gasteiger partial charge < -0.3 is 5.73 Å². The van der Waals surface area contributed by atoms with Crippen molar-refractivity contribution in [3.63, 3.8) is 0 Å². The predicted octanol–water partition coefficient (Wildman–Crippen LogP) is 2.38. The Morgan fingerprint density at radius 3 is 2.79 bits per heavy atom. The van der Waals surface area contributed by atoms with E-state index in [9.17, 15) is 0 Å². The molecule has 0 amide bonds. The lowest BCUT2D eigenvalue weighted by Gasteiger charge is -2.40. The third kappa shape index (κ3) is 1.84. The average Bonchev–Trinajstić information content (AvgIpc) is 2.59. The van der Waals surface area contributed by atoms with Gasteiger partial charge in [-0.25, -0.2) is 4.98 Å². The van der Waals surface area contributed by atoms with E-state index in [-0.39, 0.29) is 0 Å². The maximum absolute atomic E-state index is 5.83. The molecule has 3 heteroatoms. The van der Waals surface area contributed by atoms with Gasteiger partial charge in [0.2, 0.25) is 0 Å². The number of thiazole rings is 1. The highest BCUT2D eigenvalue weighted by molar-refractivity contribution is 7.09. The van der Waals surface area contributed by atoms with Crippen LogP contribution in [0.3, 0.4) is 0 Å². The minimum atomic E-state index is 0.406. The first-order valence-corrected chi connectivity index (χ1v) is 6.29. The zero-order chi connectivity index (χ0) is 10.0. The maximum atomic E-state index is 5.83. The fourth-order valence-electron chi connectivity index (χ4n) is 2.04. The number of aryl methyl sites for hydroxylation is 1. The fourth-order valence-corrected chi connectivity index (χ4v) is 3.09. The van der Waals surface area contributed by atoms with Crippen LogP contribution in [0.5, 0.6) is 0 Å². The van der Waals surface area contributed by atoms with Crippen LogP contribution >= 0.6 is 11.3 Å². The second-order valence-electron chi connectivity index (χ2n) is 4.32. The molecule has 0 spiro atoms. The van der Waals surface area contributed by atoms with Gasteiger partial charge in [-0.05, 0) is 31.2 Å². The molecule has 0 radical (unpaired) electrons. The summed E-state index contributed by atoms with van der Waals surface area (Å²) in [6.07, 6.45) is 6.10. The Hall–Kier alpha value is -0.410. The Bertz CT molecular complexity index is 296. The number of hydrogen-bond acceptors (Lipinski definition) is 3. The molecule has 1 saturated carbocycles. The summed E-state index contributed by atoms with van der Waals surface area (Å²) in [4.78, 5) is 4.61. The van der Waals surface area contributed by atoms with Gasteiger partial charge in [0.15, 0.2) is 0 Å². The molecule has 2 rings (SSSR count). The molecule has 1 heterocycles. The minimum Gasteiger partial charge on any atom is -0.330 e. The Morgan fingerprint density at radius 2 is 2.36 bits per heavy atom. The van der Waals surface area contributed by atoms with Crippen molar-refractivity contribution >= 4 is 11.3 Å². The Morgan fingerprint density at radius 1 is 1.57 bits per heavy atom. The molecular weight excluding hydrogens is 192 g/mol. The Kier molecular flexibility index (Phi) is 2.88. The van der Waals surface area contributed by atoms with E-state index in [1.807, 2.05) is 0 Å². The van der Waals surface area contributed by atoms with Crippen LogP contribution in [-0.2, 0) is 12.8 Å². The highest BCUT2D eigenvalue weighted by Gasteiger charge is 2.36. The van der Waals surface area contributed by atoms with Crippen molar-refractivity contribution in [1.29, 1.82) is 0 Å². The first-order valence-electron chi connectivity index (χ1n) is 5.41. The second-order valence-corrected chi connectivity index (χ2v) is 5.26. The summed E-state index contributed by atoms with van der Waals surface area (Å²) in [5.41, 5.74) is 7.47. The van der Waals surface area contributed by atoms with Gasteiger partial charge in [-0.3, -0.25) is 0 Å². The number of nitrogens with zero attached hydrogens (tertiary/aromatic N) is 1. The zero-order valence-electron chi connectivity index (χ0n) is 8.75. The molecule has 2 nitrogen and oxygen atoms in total. The second kappa shape index (κ2) is 3.99. The SMILES string of the molecule is CCc1csc(CC2(CN)CCC2)n1. The van der Waals surface area contributed by atoms with Crippen LogP contribution in [0.25, 0.3) is 0 Å². The van der Waals surface area contributed by atoms with Gasteiger partial charge in [-0.15, -0.1) is 11.3 Å². The standard InChI is InChI=1S/C11H18N2S/c1-2-9-7-14-10(13-9)6-11(8-12)4-3-5-11/h7H,2-6,8,12H2,1H3. The molecule has 0 unspecified atom stereocenters. The minimum absolute atomic E-state index is 0.406. The van der Waals surface area contributed by atoms with Crippen LogP contribution in [0.15, 0.2) is 5.38 Å². The van der Waals surface area contributed by atoms with Gasteiger partial charge in [0.25, 0.3) is 0 Å². The van der Waals surface area contributed by atoms with Crippen LogP contribution < -0.4 is 5.73 Å². The quantitative estimate of drug-likeness (QED) is 0.828. The van der Waals surface area contributed by atoms with Crippen molar-refractivity contribution < 1.29 is 0 Å². The smallest absolute Gasteiger partial charge is 0.0934 e. The molecule has 0 aromatic carbocycles. The molecule has 0 aliphatic heterocycles.